The van der Waals surface area contributed by atoms with Gasteiger partial charge in [-0.25, -0.2) is 0 Å². The molecule has 0 bridgehead atoms. The van der Waals surface area contributed by atoms with Crippen LogP contribution in [-0.2, 0) is 20.9 Å². The number of methoxy groups -OCH3 is 2. The molecule has 1 aliphatic heterocycles. The number of hydrogen-bond donors (Lipinski definition) is 1. The van der Waals surface area contributed by atoms with E-state index in [4.69, 9.17) is 25.8 Å². The molecule has 0 radical (unpaired) electrons. The zero-order valence-corrected chi connectivity index (χ0v) is 21.6. The van der Waals surface area contributed by atoms with Gasteiger partial charge in [-0.05, 0) is 48.4 Å². The number of halogens is 1. The van der Waals surface area contributed by atoms with Gasteiger partial charge in [-0.2, -0.15) is 0 Å². The van der Waals surface area contributed by atoms with E-state index in [-0.39, 0.29) is 24.5 Å². The normalized spacial score (nSPS) is 16.8. The number of likely N-dealkylation sites (tertiary alicyclic amines) is 1. The van der Waals surface area contributed by atoms with Crippen molar-refractivity contribution < 1.29 is 28.9 Å². The summed E-state index contributed by atoms with van der Waals surface area (Å²) < 4.78 is 16.4. The molecule has 0 saturated carbocycles. The first-order chi connectivity index (χ1) is 17.8. The average molecular weight is 522 g/mol. The number of aryl methyl sites for hydroxylation is 1. The average Bonchev–Trinajstić information content (AvgIpc) is 3.16. The third-order valence-corrected chi connectivity index (χ3v) is 6.51. The van der Waals surface area contributed by atoms with E-state index in [1.54, 1.807) is 30.3 Å². The maximum absolute atomic E-state index is 13.2. The molecule has 0 aliphatic carbocycles. The van der Waals surface area contributed by atoms with E-state index in [1.807, 2.05) is 37.3 Å². The van der Waals surface area contributed by atoms with Gasteiger partial charge in [0.05, 0.1) is 30.4 Å². The summed E-state index contributed by atoms with van der Waals surface area (Å²) in [6, 6.07) is 19.0. The maximum Gasteiger partial charge on any atom is 0.295 e. The zero-order chi connectivity index (χ0) is 26.5. The van der Waals surface area contributed by atoms with Crippen molar-refractivity contribution in [2.75, 3.05) is 27.4 Å². The van der Waals surface area contributed by atoms with Crippen LogP contribution >= 0.6 is 11.6 Å². The van der Waals surface area contributed by atoms with Gasteiger partial charge >= 0.3 is 0 Å². The van der Waals surface area contributed by atoms with Crippen LogP contribution in [0.5, 0.6) is 11.5 Å². The molecule has 3 aromatic carbocycles. The van der Waals surface area contributed by atoms with Crippen molar-refractivity contribution in [2.24, 2.45) is 0 Å². The molecule has 1 fully saturated rings. The lowest BCUT2D eigenvalue weighted by molar-refractivity contribution is -0.140. The lowest BCUT2D eigenvalue weighted by Crippen LogP contribution is -2.32. The SMILES string of the molecule is COCCN1C(=O)C(=O)/C(=C(\O)c2ccc(Cl)c(OC)c2)C1c1cccc(OCc2ccc(C)cc2)c1. The number of Topliss-reactive ketones (excluding diaryl/α,β-unsaturated/α-hetero) is 1. The van der Waals surface area contributed by atoms with Crippen LogP contribution in [0.25, 0.3) is 5.76 Å². The Kier molecular flexibility index (Phi) is 8.16. The molecule has 1 atom stereocenters. The highest BCUT2D eigenvalue weighted by Gasteiger charge is 2.46. The molecule has 1 amide bonds. The van der Waals surface area contributed by atoms with Crippen molar-refractivity contribution >= 4 is 29.1 Å². The van der Waals surface area contributed by atoms with E-state index in [0.717, 1.165) is 11.1 Å². The second-order valence-corrected chi connectivity index (χ2v) is 9.09. The molecule has 1 unspecified atom stereocenters. The molecule has 192 valence electrons. The fourth-order valence-electron chi connectivity index (χ4n) is 4.23. The third kappa shape index (κ3) is 5.63. The molecule has 0 aromatic heterocycles. The van der Waals surface area contributed by atoms with Crippen LogP contribution in [0.3, 0.4) is 0 Å². The quantitative estimate of drug-likeness (QED) is 0.233. The van der Waals surface area contributed by atoms with Gasteiger partial charge in [0.2, 0.25) is 0 Å². The lowest BCUT2D eigenvalue weighted by atomic mass is 9.95. The van der Waals surface area contributed by atoms with Gasteiger partial charge in [0, 0.05) is 19.2 Å². The van der Waals surface area contributed by atoms with Crippen molar-refractivity contribution in [1.29, 1.82) is 0 Å². The van der Waals surface area contributed by atoms with Crippen LogP contribution in [0.2, 0.25) is 5.02 Å². The third-order valence-electron chi connectivity index (χ3n) is 6.20. The van der Waals surface area contributed by atoms with Crippen molar-refractivity contribution in [3.63, 3.8) is 0 Å². The number of aliphatic hydroxyl groups excluding tert-OH is 1. The molecule has 1 saturated heterocycles. The van der Waals surface area contributed by atoms with Crippen LogP contribution in [0.4, 0.5) is 0 Å². The van der Waals surface area contributed by atoms with Crippen molar-refractivity contribution in [3.8, 4) is 11.5 Å². The standard InChI is InChI=1S/C29H28ClNO6/c1-18-7-9-19(10-8-18)17-37-22-6-4-5-20(15-22)26-25(28(33)29(34)31(26)13-14-35-2)27(32)21-11-12-23(30)24(16-21)36-3/h4-12,15-16,26,32H,13-14,17H2,1-3H3/b27-25-. The Hall–Kier alpha value is -3.81. The Bertz CT molecular complexity index is 1330. The van der Waals surface area contributed by atoms with Gasteiger partial charge in [-0.3, -0.25) is 9.59 Å². The fourth-order valence-corrected chi connectivity index (χ4v) is 4.43. The van der Waals surface area contributed by atoms with E-state index in [0.29, 0.717) is 34.3 Å². The van der Waals surface area contributed by atoms with Gasteiger partial charge in [-0.15, -0.1) is 0 Å². The van der Waals surface area contributed by atoms with Crippen LogP contribution in [0.1, 0.15) is 28.3 Å². The molecule has 1 heterocycles. The molecule has 0 spiro atoms. The lowest BCUT2D eigenvalue weighted by Gasteiger charge is -2.25. The van der Waals surface area contributed by atoms with E-state index in [1.165, 1.54) is 25.2 Å². The molecule has 3 aromatic rings. The zero-order valence-electron chi connectivity index (χ0n) is 20.9. The monoisotopic (exact) mass is 521 g/mol. The number of ether oxygens (including phenoxy) is 3. The van der Waals surface area contributed by atoms with Crippen molar-refractivity contribution in [1.82, 2.24) is 4.90 Å². The van der Waals surface area contributed by atoms with E-state index in [2.05, 4.69) is 0 Å². The van der Waals surface area contributed by atoms with Gasteiger partial charge in [-0.1, -0.05) is 53.6 Å². The fraction of sp³-hybridized carbons (Fsp3) is 0.241. The van der Waals surface area contributed by atoms with Crippen LogP contribution in [-0.4, -0.2) is 49.1 Å². The van der Waals surface area contributed by atoms with Gasteiger partial charge in [0.1, 0.15) is 23.9 Å². The molecule has 37 heavy (non-hydrogen) atoms. The smallest absolute Gasteiger partial charge is 0.295 e. The maximum atomic E-state index is 13.2. The molecule has 1 N–H and O–H groups in total. The van der Waals surface area contributed by atoms with E-state index in [9.17, 15) is 14.7 Å². The van der Waals surface area contributed by atoms with E-state index < -0.39 is 17.7 Å². The number of carbonyl (C=O) groups excluding carboxylic acids is 2. The van der Waals surface area contributed by atoms with E-state index >= 15 is 0 Å². The Morgan fingerprint density at radius 2 is 1.78 bits per heavy atom. The summed E-state index contributed by atoms with van der Waals surface area (Å²) >= 11 is 6.14. The largest absolute Gasteiger partial charge is 0.507 e. The number of ketones is 1. The summed E-state index contributed by atoms with van der Waals surface area (Å²) in [4.78, 5) is 27.6. The molecule has 1 aliphatic rings. The Labute approximate surface area is 220 Å². The van der Waals surface area contributed by atoms with Crippen LogP contribution in [0, 0.1) is 6.92 Å². The van der Waals surface area contributed by atoms with Crippen LogP contribution < -0.4 is 9.47 Å². The number of amides is 1. The first-order valence-electron chi connectivity index (χ1n) is 11.7. The van der Waals surface area contributed by atoms with Crippen molar-refractivity contribution in [3.05, 3.63) is 99.6 Å². The number of carbonyl (C=O) groups is 2. The van der Waals surface area contributed by atoms with Gasteiger partial charge in [0.15, 0.2) is 0 Å². The molecule has 7 nitrogen and oxygen atoms in total. The summed E-state index contributed by atoms with van der Waals surface area (Å²) in [6.45, 7) is 2.77. The minimum atomic E-state index is -0.834. The summed E-state index contributed by atoms with van der Waals surface area (Å²) in [5, 5.41) is 11.6. The highest BCUT2D eigenvalue weighted by atomic mass is 35.5. The van der Waals surface area contributed by atoms with Gasteiger partial charge in [0.25, 0.3) is 11.7 Å². The Balaban J connectivity index is 1.74. The minimum absolute atomic E-state index is 0.0267. The second-order valence-electron chi connectivity index (χ2n) is 8.68. The van der Waals surface area contributed by atoms with Crippen LogP contribution in [0.15, 0.2) is 72.3 Å². The van der Waals surface area contributed by atoms with Gasteiger partial charge < -0.3 is 24.2 Å². The summed E-state index contributed by atoms with van der Waals surface area (Å²) in [6.07, 6.45) is 0. The molecular weight excluding hydrogens is 494 g/mol. The Morgan fingerprint density at radius 3 is 2.49 bits per heavy atom. The highest BCUT2D eigenvalue weighted by molar-refractivity contribution is 6.46. The summed E-state index contributed by atoms with van der Waals surface area (Å²) in [7, 11) is 2.97. The summed E-state index contributed by atoms with van der Waals surface area (Å²) in [5.41, 5.74) is 3.08. The van der Waals surface area contributed by atoms with Crippen molar-refractivity contribution in [2.45, 2.75) is 19.6 Å². The summed E-state index contributed by atoms with van der Waals surface area (Å²) in [5.74, 6) is -0.899. The molecule has 4 rings (SSSR count). The number of benzene rings is 3. The second kappa shape index (κ2) is 11.5. The first kappa shape index (κ1) is 26.3. The number of rotatable bonds is 9. The minimum Gasteiger partial charge on any atom is -0.507 e. The number of hydrogen-bond acceptors (Lipinski definition) is 6. The highest BCUT2D eigenvalue weighted by Crippen LogP contribution is 2.41. The predicted octanol–water partition coefficient (Wildman–Crippen LogP) is 5.30. The Morgan fingerprint density at radius 1 is 1.03 bits per heavy atom. The first-order valence-corrected chi connectivity index (χ1v) is 12.1. The molecular formula is C29H28ClNO6. The molecule has 8 heteroatoms. The number of nitrogens with zero attached hydrogens (tertiary/aromatic N) is 1. The number of aliphatic hydroxyl groups is 1. The topological polar surface area (TPSA) is 85.3 Å². The predicted molar refractivity (Wildman–Crippen MR) is 141 cm³/mol.